The van der Waals surface area contributed by atoms with Crippen LogP contribution >= 0.6 is 0 Å². The van der Waals surface area contributed by atoms with E-state index in [0.29, 0.717) is 40.4 Å². The zero-order valence-corrected chi connectivity index (χ0v) is 25.8. The van der Waals surface area contributed by atoms with Crippen molar-refractivity contribution in [3.8, 4) is 17.0 Å². The first-order valence-corrected chi connectivity index (χ1v) is 14.0. The number of aromatic nitrogens is 3. The number of halogens is 8. The molecule has 5 rings (SSSR count). The number of hydrogen-bond donors (Lipinski definition) is 5. The average Bonchev–Trinajstić information content (AvgIpc) is 3.51. The number of ether oxygens (including phenoxy) is 1. The molecule has 2 aromatic heterocycles. The van der Waals surface area contributed by atoms with Crippen LogP contribution in [0.15, 0.2) is 66.9 Å². The van der Waals surface area contributed by atoms with Crippen molar-refractivity contribution < 1.29 is 59.7 Å². The van der Waals surface area contributed by atoms with Gasteiger partial charge in [0.25, 0.3) is 0 Å². The number of H-pyrrole nitrogens is 1. The number of anilines is 2. The standard InChI is InChI=1S/C28H25F2N5O.2C2HF3O2/c1-3-15-10-20(26(30)24(11-15)36-2)25(22-13-16-12-17(31)8-9-18(16)27(32)34-22)28-33-14-23(35-28)19-6-4-5-7-21(19)29;2*3-2(4,5)1(6)7/h4-14,25H,3,31H2,1-2H3,(H2,32,34)(H,33,35);2*(H,6,7). The topological polar surface area (TPSA) is 177 Å². The van der Waals surface area contributed by atoms with Crippen LogP contribution in [0.1, 0.15) is 35.5 Å². The van der Waals surface area contributed by atoms with Crippen LogP contribution in [0.4, 0.5) is 46.6 Å². The monoisotopic (exact) mass is 713 g/mol. The summed E-state index contributed by atoms with van der Waals surface area (Å²) in [5.74, 6) is -6.44. The Kier molecular flexibility index (Phi) is 12.0. The van der Waals surface area contributed by atoms with Gasteiger partial charge in [0, 0.05) is 28.4 Å². The van der Waals surface area contributed by atoms with Gasteiger partial charge >= 0.3 is 24.3 Å². The number of imidazole rings is 1. The third-order valence-electron chi connectivity index (χ3n) is 6.77. The average molecular weight is 714 g/mol. The number of fused-ring (bicyclic) bond motifs is 1. The predicted molar refractivity (Wildman–Crippen MR) is 165 cm³/mol. The number of hydrogen-bond acceptors (Lipinski definition) is 7. The Morgan fingerprint density at radius 2 is 1.50 bits per heavy atom. The minimum absolute atomic E-state index is 0.119. The molecule has 0 saturated carbocycles. The normalized spacial score (nSPS) is 11.9. The van der Waals surface area contributed by atoms with Gasteiger partial charge < -0.3 is 31.4 Å². The van der Waals surface area contributed by atoms with E-state index in [9.17, 15) is 30.7 Å². The number of alkyl halides is 6. The first kappa shape index (κ1) is 38.5. The second-order valence-electron chi connectivity index (χ2n) is 10.2. The van der Waals surface area contributed by atoms with Gasteiger partial charge in [-0.2, -0.15) is 26.3 Å². The molecular weight excluding hydrogens is 686 g/mol. The first-order chi connectivity index (χ1) is 23.3. The van der Waals surface area contributed by atoms with Crippen LogP contribution in [0.5, 0.6) is 5.75 Å². The summed E-state index contributed by atoms with van der Waals surface area (Å²) in [5.41, 5.74) is 15.3. The number of nitrogens with one attached hydrogen (secondary N) is 1. The summed E-state index contributed by atoms with van der Waals surface area (Å²) < 4.78 is 99.1. The molecule has 1 atom stereocenters. The van der Waals surface area contributed by atoms with Crippen LogP contribution in [0.3, 0.4) is 0 Å². The fourth-order valence-corrected chi connectivity index (χ4v) is 4.45. The summed E-state index contributed by atoms with van der Waals surface area (Å²) in [7, 11) is 1.43. The van der Waals surface area contributed by atoms with Crippen molar-refractivity contribution in [3.63, 3.8) is 0 Å². The number of aliphatic carboxylic acids is 2. The lowest BCUT2D eigenvalue weighted by atomic mass is 9.90. The van der Waals surface area contributed by atoms with E-state index in [1.165, 1.54) is 13.2 Å². The lowest BCUT2D eigenvalue weighted by molar-refractivity contribution is -0.193. The molecule has 0 amide bonds. The lowest BCUT2D eigenvalue weighted by Crippen LogP contribution is -2.21. The van der Waals surface area contributed by atoms with Crippen molar-refractivity contribution in [3.05, 3.63) is 101 Å². The quantitative estimate of drug-likeness (QED) is 0.0908. The minimum Gasteiger partial charge on any atom is -0.494 e. The molecule has 266 valence electrons. The highest BCUT2D eigenvalue weighted by atomic mass is 19.4. The van der Waals surface area contributed by atoms with Crippen molar-refractivity contribution in [2.24, 2.45) is 0 Å². The Morgan fingerprint density at radius 3 is 2.04 bits per heavy atom. The smallest absolute Gasteiger partial charge is 0.490 e. The van der Waals surface area contributed by atoms with E-state index < -0.39 is 41.8 Å². The largest absolute Gasteiger partial charge is 0.494 e. The Bertz CT molecular complexity index is 1970. The highest BCUT2D eigenvalue weighted by Gasteiger charge is 2.39. The van der Waals surface area contributed by atoms with Crippen molar-refractivity contribution >= 4 is 34.2 Å². The fraction of sp³-hybridized carbons (Fsp3) is 0.188. The Hall–Kier alpha value is -5.94. The molecule has 2 heterocycles. The highest BCUT2D eigenvalue weighted by molar-refractivity contribution is 5.93. The van der Waals surface area contributed by atoms with E-state index in [-0.39, 0.29) is 11.6 Å². The second kappa shape index (κ2) is 15.5. The zero-order chi connectivity index (χ0) is 37.6. The zero-order valence-electron chi connectivity index (χ0n) is 25.8. The minimum atomic E-state index is -5.08. The van der Waals surface area contributed by atoms with Gasteiger partial charge in [-0.15, -0.1) is 0 Å². The summed E-state index contributed by atoms with van der Waals surface area (Å²) >= 11 is 0. The number of rotatable bonds is 6. The fourth-order valence-electron chi connectivity index (χ4n) is 4.45. The summed E-state index contributed by atoms with van der Waals surface area (Å²) in [6.45, 7) is 1.98. The molecule has 0 spiro atoms. The summed E-state index contributed by atoms with van der Waals surface area (Å²) in [5, 5.41) is 15.8. The number of nitrogens with zero attached hydrogens (tertiary/aromatic N) is 2. The van der Waals surface area contributed by atoms with Gasteiger partial charge in [0.2, 0.25) is 0 Å². The molecule has 0 saturated heterocycles. The molecule has 10 nitrogen and oxygen atoms in total. The maximum Gasteiger partial charge on any atom is 0.490 e. The number of carboxylic acids is 2. The maximum absolute atomic E-state index is 15.8. The number of nitrogen functional groups attached to an aromatic ring is 2. The number of carboxylic acid groups (broad SMARTS) is 2. The molecule has 50 heavy (non-hydrogen) atoms. The van der Waals surface area contributed by atoms with Gasteiger partial charge in [-0.1, -0.05) is 25.1 Å². The number of pyridine rings is 1. The van der Waals surface area contributed by atoms with Gasteiger partial charge in [-0.25, -0.2) is 28.3 Å². The van der Waals surface area contributed by atoms with E-state index in [2.05, 4.69) is 15.0 Å². The van der Waals surface area contributed by atoms with Crippen LogP contribution in [-0.2, 0) is 16.0 Å². The Balaban J connectivity index is 0.000000408. The van der Waals surface area contributed by atoms with Crippen LogP contribution in [0.2, 0.25) is 0 Å². The van der Waals surface area contributed by atoms with Crippen LogP contribution in [0.25, 0.3) is 22.0 Å². The van der Waals surface area contributed by atoms with Crippen molar-refractivity contribution in [1.82, 2.24) is 15.0 Å². The molecule has 0 fully saturated rings. The molecule has 0 aliphatic carbocycles. The molecule has 3 aromatic carbocycles. The second-order valence-corrected chi connectivity index (χ2v) is 10.2. The molecule has 7 N–H and O–H groups in total. The molecule has 5 aromatic rings. The summed E-state index contributed by atoms with van der Waals surface area (Å²) in [4.78, 5) is 30.2. The third kappa shape index (κ3) is 9.36. The van der Waals surface area contributed by atoms with Crippen LogP contribution in [0, 0.1) is 11.6 Å². The molecule has 0 aliphatic rings. The van der Waals surface area contributed by atoms with E-state index >= 15 is 4.39 Å². The van der Waals surface area contributed by atoms with Crippen molar-refractivity contribution in [2.45, 2.75) is 31.6 Å². The van der Waals surface area contributed by atoms with E-state index in [0.717, 1.165) is 16.3 Å². The third-order valence-corrected chi connectivity index (χ3v) is 6.77. The van der Waals surface area contributed by atoms with Crippen LogP contribution in [-0.4, -0.2) is 56.6 Å². The van der Waals surface area contributed by atoms with Gasteiger partial charge in [-0.3, -0.25) is 0 Å². The van der Waals surface area contributed by atoms with E-state index in [4.69, 9.17) is 36.0 Å². The number of aromatic amines is 1. The van der Waals surface area contributed by atoms with Gasteiger partial charge in [0.1, 0.15) is 17.5 Å². The molecule has 1 unspecified atom stereocenters. The van der Waals surface area contributed by atoms with Gasteiger partial charge in [0.05, 0.1) is 24.4 Å². The number of benzene rings is 3. The molecular formula is C32H27F8N5O5. The molecule has 18 heteroatoms. The predicted octanol–water partition coefficient (Wildman–Crippen LogP) is 7.09. The maximum atomic E-state index is 15.8. The number of carbonyl (C=O) groups is 2. The van der Waals surface area contributed by atoms with Gasteiger partial charge in [0.15, 0.2) is 11.6 Å². The van der Waals surface area contributed by atoms with Crippen LogP contribution < -0.4 is 16.2 Å². The van der Waals surface area contributed by atoms with Crippen molar-refractivity contribution in [2.75, 3.05) is 18.6 Å². The number of methoxy groups -OCH3 is 1. The SMILES string of the molecule is CCc1cc(OC)c(F)c(C(c2cc3cc(N)ccc3c(N)n2)c2nc(-c3ccccc3F)c[nH]2)c1.O=C(O)C(F)(F)F.O=C(O)C(F)(F)F. The highest BCUT2D eigenvalue weighted by Crippen LogP contribution is 2.38. The number of aryl methyl sites for hydroxylation is 1. The summed E-state index contributed by atoms with van der Waals surface area (Å²) in [6.07, 6.45) is -7.90. The van der Waals surface area contributed by atoms with Gasteiger partial charge in [-0.05, 0) is 59.8 Å². The molecule has 0 aliphatic heterocycles. The van der Waals surface area contributed by atoms with E-state index in [1.807, 2.05) is 13.0 Å². The molecule has 0 radical (unpaired) electrons. The first-order valence-electron chi connectivity index (χ1n) is 14.0. The molecule has 0 bridgehead atoms. The van der Waals surface area contributed by atoms with Crippen molar-refractivity contribution in [1.29, 1.82) is 0 Å². The Labute approximate surface area is 277 Å². The Morgan fingerprint density at radius 1 is 0.900 bits per heavy atom. The number of nitrogens with two attached hydrogens (primary N) is 2. The lowest BCUT2D eigenvalue weighted by Gasteiger charge is -2.19. The summed E-state index contributed by atoms with van der Waals surface area (Å²) in [6, 6.07) is 17.0. The van der Waals surface area contributed by atoms with E-state index in [1.54, 1.807) is 54.7 Å².